The average molecular weight is 368 g/mol. The van der Waals surface area contributed by atoms with E-state index in [1.807, 2.05) is 0 Å². The van der Waals surface area contributed by atoms with Crippen LogP contribution < -0.4 is 10.6 Å². The fraction of sp³-hybridized carbons (Fsp3) is 0.150. The van der Waals surface area contributed by atoms with E-state index < -0.39 is 11.7 Å². The molecule has 0 fully saturated rings. The Bertz CT molecular complexity index is 945. The summed E-state index contributed by atoms with van der Waals surface area (Å²) in [5.74, 6) is -0.841. The number of nitrogens with one attached hydrogen (secondary N) is 2. The molecule has 2 aromatic carbocycles. The van der Waals surface area contributed by atoms with E-state index in [0.29, 0.717) is 30.3 Å². The number of nitrogens with zero attached hydrogens (tertiary/aromatic N) is 2. The number of anilines is 2. The van der Waals surface area contributed by atoms with E-state index in [2.05, 4.69) is 20.6 Å². The molecular weight excluding hydrogens is 350 g/mol. The van der Waals surface area contributed by atoms with E-state index >= 15 is 0 Å². The smallest absolute Gasteiger partial charge is 0.274 e. The lowest BCUT2D eigenvalue weighted by Crippen LogP contribution is -2.17. The molecule has 0 unspecified atom stereocenters. The van der Waals surface area contributed by atoms with Crippen LogP contribution in [0.25, 0.3) is 0 Å². The Labute approximate surface area is 155 Å². The summed E-state index contributed by atoms with van der Waals surface area (Å²) in [6.07, 6.45) is 0.655. The highest BCUT2D eigenvalue weighted by atomic mass is 19.1. The van der Waals surface area contributed by atoms with Crippen molar-refractivity contribution in [3.05, 3.63) is 83.2 Å². The quantitative estimate of drug-likeness (QED) is 0.691. The van der Waals surface area contributed by atoms with Crippen LogP contribution in [0, 0.1) is 18.6 Å². The van der Waals surface area contributed by atoms with Crippen LogP contribution in [0.4, 0.5) is 20.4 Å². The molecular formula is C20H18F2N4O. The summed E-state index contributed by atoms with van der Waals surface area (Å²) in [6, 6.07) is 13.4. The zero-order chi connectivity index (χ0) is 19.2. The van der Waals surface area contributed by atoms with Crippen molar-refractivity contribution in [3.63, 3.8) is 0 Å². The van der Waals surface area contributed by atoms with Crippen molar-refractivity contribution < 1.29 is 13.6 Å². The lowest BCUT2D eigenvalue weighted by molar-refractivity contribution is 0.102. The van der Waals surface area contributed by atoms with Crippen LogP contribution in [0.1, 0.15) is 21.7 Å². The molecule has 1 amide bonds. The van der Waals surface area contributed by atoms with Gasteiger partial charge in [0, 0.05) is 17.9 Å². The molecule has 138 valence electrons. The van der Waals surface area contributed by atoms with Crippen LogP contribution in [0.2, 0.25) is 0 Å². The summed E-state index contributed by atoms with van der Waals surface area (Å²) in [6.45, 7) is 2.28. The molecule has 0 aliphatic rings. The van der Waals surface area contributed by atoms with Crippen LogP contribution in [0.3, 0.4) is 0 Å². The van der Waals surface area contributed by atoms with E-state index in [0.717, 1.165) is 5.56 Å². The fourth-order valence-corrected chi connectivity index (χ4v) is 2.50. The van der Waals surface area contributed by atoms with Crippen molar-refractivity contribution in [2.45, 2.75) is 13.3 Å². The summed E-state index contributed by atoms with van der Waals surface area (Å²) < 4.78 is 26.2. The summed E-state index contributed by atoms with van der Waals surface area (Å²) in [5, 5.41) is 5.67. The van der Waals surface area contributed by atoms with Gasteiger partial charge < -0.3 is 10.6 Å². The third kappa shape index (κ3) is 5.31. The SMILES string of the molecule is Cc1cc(C(=O)Nc2cccc(F)c2)nc(NCCc2ccc(F)cc2)n1. The highest BCUT2D eigenvalue weighted by Crippen LogP contribution is 2.12. The first kappa shape index (κ1) is 18.4. The van der Waals surface area contributed by atoms with Gasteiger partial charge in [0.1, 0.15) is 17.3 Å². The lowest BCUT2D eigenvalue weighted by Gasteiger charge is -2.09. The van der Waals surface area contributed by atoms with E-state index in [1.54, 1.807) is 31.2 Å². The summed E-state index contributed by atoms with van der Waals surface area (Å²) in [7, 11) is 0. The first-order valence-corrected chi connectivity index (χ1v) is 8.40. The first-order chi connectivity index (χ1) is 13.0. The predicted molar refractivity (Wildman–Crippen MR) is 99.7 cm³/mol. The van der Waals surface area contributed by atoms with E-state index in [4.69, 9.17) is 0 Å². The Morgan fingerprint density at radius 3 is 2.52 bits per heavy atom. The number of hydrogen-bond acceptors (Lipinski definition) is 4. The second kappa shape index (κ2) is 8.35. The van der Waals surface area contributed by atoms with Crippen molar-refractivity contribution in [3.8, 4) is 0 Å². The second-order valence-corrected chi connectivity index (χ2v) is 5.99. The van der Waals surface area contributed by atoms with Crippen LogP contribution in [0.5, 0.6) is 0 Å². The number of hydrogen-bond donors (Lipinski definition) is 2. The summed E-state index contributed by atoms with van der Waals surface area (Å²) in [5.41, 5.74) is 2.12. The van der Waals surface area contributed by atoms with Gasteiger partial charge in [0.25, 0.3) is 5.91 Å². The lowest BCUT2D eigenvalue weighted by atomic mass is 10.1. The largest absolute Gasteiger partial charge is 0.354 e. The monoisotopic (exact) mass is 368 g/mol. The number of rotatable bonds is 6. The number of carbonyl (C=O) groups excluding carboxylic acids is 1. The standard InChI is InChI=1S/C20H18F2N4O/c1-13-11-18(19(27)25-17-4-2-3-16(22)12-17)26-20(24-13)23-10-9-14-5-7-15(21)8-6-14/h2-8,11-12H,9-10H2,1H3,(H,25,27)(H,23,24,26). The van der Waals surface area contributed by atoms with Crippen molar-refractivity contribution in [2.75, 3.05) is 17.2 Å². The minimum Gasteiger partial charge on any atom is -0.354 e. The van der Waals surface area contributed by atoms with Gasteiger partial charge in [0.05, 0.1) is 0 Å². The van der Waals surface area contributed by atoms with E-state index in [1.165, 1.54) is 30.3 Å². The molecule has 0 aliphatic carbocycles. The van der Waals surface area contributed by atoms with Gasteiger partial charge in [-0.2, -0.15) is 0 Å². The number of benzene rings is 2. The third-order valence-corrected chi connectivity index (χ3v) is 3.78. The Hall–Kier alpha value is -3.35. The van der Waals surface area contributed by atoms with Gasteiger partial charge in [-0.3, -0.25) is 4.79 Å². The molecule has 0 saturated heterocycles. The molecule has 7 heteroatoms. The molecule has 27 heavy (non-hydrogen) atoms. The maximum absolute atomic E-state index is 13.2. The molecule has 2 N–H and O–H groups in total. The number of aryl methyl sites for hydroxylation is 1. The Kier molecular flexibility index (Phi) is 5.71. The Morgan fingerprint density at radius 2 is 1.78 bits per heavy atom. The molecule has 3 aromatic rings. The maximum Gasteiger partial charge on any atom is 0.274 e. The normalized spacial score (nSPS) is 10.5. The van der Waals surface area contributed by atoms with Crippen molar-refractivity contribution >= 4 is 17.5 Å². The molecule has 3 rings (SSSR count). The molecule has 0 radical (unpaired) electrons. The number of aromatic nitrogens is 2. The van der Waals surface area contributed by atoms with E-state index in [-0.39, 0.29) is 11.5 Å². The topological polar surface area (TPSA) is 66.9 Å². The zero-order valence-electron chi connectivity index (χ0n) is 14.7. The Balaban J connectivity index is 1.64. The van der Waals surface area contributed by atoms with Crippen molar-refractivity contribution in [2.24, 2.45) is 0 Å². The van der Waals surface area contributed by atoms with Gasteiger partial charge in [0.2, 0.25) is 5.95 Å². The Morgan fingerprint density at radius 1 is 1.00 bits per heavy atom. The third-order valence-electron chi connectivity index (χ3n) is 3.78. The maximum atomic E-state index is 13.2. The summed E-state index contributed by atoms with van der Waals surface area (Å²) >= 11 is 0. The molecule has 0 atom stereocenters. The van der Waals surface area contributed by atoms with Crippen molar-refractivity contribution in [1.29, 1.82) is 0 Å². The molecule has 0 spiro atoms. The highest BCUT2D eigenvalue weighted by Gasteiger charge is 2.11. The van der Waals surface area contributed by atoms with Gasteiger partial charge in [-0.15, -0.1) is 0 Å². The van der Waals surface area contributed by atoms with Crippen LogP contribution in [0.15, 0.2) is 54.6 Å². The van der Waals surface area contributed by atoms with Crippen molar-refractivity contribution in [1.82, 2.24) is 9.97 Å². The molecule has 0 aliphatic heterocycles. The van der Waals surface area contributed by atoms with Crippen LogP contribution >= 0.6 is 0 Å². The highest BCUT2D eigenvalue weighted by molar-refractivity contribution is 6.03. The first-order valence-electron chi connectivity index (χ1n) is 8.40. The van der Waals surface area contributed by atoms with Crippen LogP contribution in [-0.4, -0.2) is 22.4 Å². The second-order valence-electron chi connectivity index (χ2n) is 5.99. The van der Waals surface area contributed by atoms with Gasteiger partial charge in [-0.05, 0) is 55.3 Å². The zero-order valence-corrected chi connectivity index (χ0v) is 14.7. The fourth-order valence-electron chi connectivity index (χ4n) is 2.50. The summed E-state index contributed by atoms with van der Waals surface area (Å²) in [4.78, 5) is 20.8. The predicted octanol–water partition coefficient (Wildman–Crippen LogP) is 3.97. The van der Waals surface area contributed by atoms with Gasteiger partial charge >= 0.3 is 0 Å². The number of halogens is 2. The minimum absolute atomic E-state index is 0.177. The van der Waals surface area contributed by atoms with Gasteiger partial charge in [0.15, 0.2) is 0 Å². The molecule has 1 aromatic heterocycles. The van der Waals surface area contributed by atoms with Gasteiger partial charge in [-0.1, -0.05) is 18.2 Å². The van der Waals surface area contributed by atoms with Gasteiger partial charge in [-0.25, -0.2) is 18.7 Å². The molecule has 0 bridgehead atoms. The minimum atomic E-state index is -0.451. The number of amides is 1. The average Bonchev–Trinajstić information content (AvgIpc) is 2.63. The number of carbonyl (C=O) groups is 1. The van der Waals surface area contributed by atoms with Crippen LogP contribution in [-0.2, 0) is 6.42 Å². The molecule has 0 saturated carbocycles. The van der Waals surface area contributed by atoms with E-state index in [9.17, 15) is 13.6 Å². The molecule has 1 heterocycles. The molecule has 5 nitrogen and oxygen atoms in total.